The summed E-state index contributed by atoms with van der Waals surface area (Å²) in [7, 11) is 0. The highest BCUT2D eigenvalue weighted by Crippen LogP contribution is 2.57. The van der Waals surface area contributed by atoms with Gasteiger partial charge < -0.3 is 0 Å². The Morgan fingerprint density at radius 2 is 2.25 bits per heavy atom. The number of hydrogen-bond donors (Lipinski definition) is 0. The van der Waals surface area contributed by atoms with E-state index in [0.29, 0.717) is 5.41 Å². The lowest BCUT2D eigenvalue weighted by atomic mass is 9.75. The molecule has 1 saturated carbocycles. The van der Waals surface area contributed by atoms with Crippen molar-refractivity contribution in [2.24, 2.45) is 17.3 Å². The molecule has 0 heterocycles. The maximum Gasteiger partial charge on any atom is 0.0106 e. The first-order valence-electron chi connectivity index (χ1n) is 6.51. The maximum atomic E-state index is 2.50. The van der Waals surface area contributed by atoms with Crippen molar-refractivity contribution in [2.45, 2.75) is 32.6 Å². The van der Waals surface area contributed by atoms with Crippen LogP contribution in [0.15, 0.2) is 48.1 Å². The molecule has 0 amide bonds. The molecule has 16 heavy (non-hydrogen) atoms. The van der Waals surface area contributed by atoms with Gasteiger partial charge in [-0.25, -0.2) is 0 Å². The summed E-state index contributed by atoms with van der Waals surface area (Å²) >= 11 is 0. The smallest absolute Gasteiger partial charge is 0.0106 e. The van der Waals surface area contributed by atoms with E-state index >= 15 is 0 Å². The van der Waals surface area contributed by atoms with Gasteiger partial charge in [0.2, 0.25) is 0 Å². The molecule has 0 spiro atoms. The summed E-state index contributed by atoms with van der Waals surface area (Å²) in [5.74, 6) is 1.60. The van der Waals surface area contributed by atoms with Crippen molar-refractivity contribution >= 4 is 0 Å². The zero-order valence-corrected chi connectivity index (χ0v) is 10.0. The molecule has 0 aliphatic heterocycles. The normalized spacial score (nSPS) is 40.9. The van der Waals surface area contributed by atoms with E-state index in [1.807, 2.05) is 0 Å². The molecule has 0 aromatic heterocycles. The molecular weight excluding hydrogens is 192 g/mol. The summed E-state index contributed by atoms with van der Waals surface area (Å²) in [4.78, 5) is 0. The lowest BCUT2D eigenvalue weighted by molar-refractivity contribution is 0.457. The van der Waals surface area contributed by atoms with E-state index in [2.05, 4.69) is 49.5 Å². The average Bonchev–Trinajstić information content (AvgIpc) is 2.90. The van der Waals surface area contributed by atoms with Crippen LogP contribution in [0.5, 0.6) is 0 Å². The molecule has 84 valence electrons. The molecule has 0 heteroatoms. The van der Waals surface area contributed by atoms with Crippen LogP contribution in [0.1, 0.15) is 32.6 Å². The Morgan fingerprint density at radius 3 is 3.00 bits per heavy atom. The topological polar surface area (TPSA) is 0 Å². The summed E-state index contributed by atoms with van der Waals surface area (Å²) in [5, 5.41) is 0. The van der Waals surface area contributed by atoms with Gasteiger partial charge >= 0.3 is 0 Å². The first kappa shape index (κ1) is 10.1. The van der Waals surface area contributed by atoms with Gasteiger partial charge in [-0.3, -0.25) is 0 Å². The fourth-order valence-electron chi connectivity index (χ4n) is 3.72. The van der Waals surface area contributed by atoms with Crippen LogP contribution in [0.3, 0.4) is 0 Å². The Balaban J connectivity index is 1.86. The Labute approximate surface area is 98.4 Å². The van der Waals surface area contributed by atoms with Crippen molar-refractivity contribution in [3.8, 4) is 0 Å². The van der Waals surface area contributed by atoms with Gasteiger partial charge in [-0.05, 0) is 44.4 Å². The van der Waals surface area contributed by atoms with Gasteiger partial charge in [0, 0.05) is 5.41 Å². The molecule has 2 bridgehead atoms. The van der Waals surface area contributed by atoms with Crippen LogP contribution in [-0.4, -0.2) is 0 Å². The third-order valence-corrected chi connectivity index (χ3v) is 4.50. The van der Waals surface area contributed by atoms with Crippen molar-refractivity contribution in [3.63, 3.8) is 0 Å². The van der Waals surface area contributed by atoms with Crippen LogP contribution in [0.2, 0.25) is 0 Å². The van der Waals surface area contributed by atoms with Crippen LogP contribution >= 0.6 is 0 Å². The Bertz CT molecular complexity index is 394. The average molecular weight is 212 g/mol. The molecule has 0 aromatic carbocycles. The number of fused-ring (bicyclic) bond motifs is 2. The largest absolute Gasteiger partial charge is 0.0914 e. The number of allylic oxidation sites excluding steroid dienone is 8. The second-order valence-corrected chi connectivity index (χ2v) is 5.42. The van der Waals surface area contributed by atoms with E-state index in [-0.39, 0.29) is 0 Å². The summed E-state index contributed by atoms with van der Waals surface area (Å²) < 4.78 is 0. The molecule has 3 aliphatic carbocycles. The van der Waals surface area contributed by atoms with Gasteiger partial charge in [-0.1, -0.05) is 48.1 Å². The molecule has 3 rings (SSSR count). The minimum atomic E-state index is 0.430. The first-order valence-corrected chi connectivity index (χ1v) is 6.51. The second-order valence-electron chi connectivity index (χ2n) is 5.42. The number of hydrogen-bond acceptors (Lipinski definition) is 0. The van der Waals surface area contributed by atoms with Crippen molar-refractivity contribution in [3.05, 3.63) is 48.1 Å². The number of rotatable bonds is 2. The highest BCUT2D eigenvalue weighted by atomic mass is 14.5. The van der Waals surface area contributed by atoms with Crippen LogP contribution < -0.4 is 0 Å². The van der Waals surface area contributed by atoms with Gasteiger partial charge in [0.25, 0.3) is 0 Å². The predicted octanol–water partition coefficient (Wildman–Crippen LogP) is 4.42. The van der Waals surface area contributed by atoms with Crippen LogP contribution in [-0.2, 0) is 0 Å². The minimum Gasteiger partial charge on any atom is -0.0914 e. The molecule has 3 aliphatic rings. The second kappa shape index (κ2) is 3.76. The van der Waals surface area contributed by atoms with Crippen molar-refractivity contribution in [2.75, 3.05) is 0 Å². The van der Waals surface area contributed by atoms with Crippen molar-refractivity contribution in [1.82, 2.24) is 0 Å². The summed E-state index contributed by atoms with van der Waals surface area (Å²) in [5.41, 5.74) is 2.11. The fraction of sp³-hybridized carbons (Fsp3) is 0.500. The van der Waals surface area contributed by atoms with Gasteiger partial charge in [0.1, 0.15) is 0 Å². The molecule has 0 N–H and O–H groups in total. The van der Waals surface area contributed by atoms with E-state index in [4.69, 9.17) is 0 Å². The van der Waals surface area contributed by atoms with Gasteiger partial charge in [-0.2, -0.15) is 0 Å². The predicted molar refractivity (Wildman–Crippen MR) is 69.1 cm³/mol. The first-order chi connectivity index (χ1) is 7.84. The molecule has 0 nitrogen and oxygen atoms in total. The van der Waals surface area contributed by atoms with Gasteiger partial charge in [0.05, 0.1) is 0 Å². The molecule has 0 saturated heterocycles. The third kappa shape index (κ3) is 1.43. The van der Waals surface area contributed by atoms with Crippen LogP contribution in [0.4, 0.5) is 0 Å². The van der Waals surface area contributed by atoms with E-state index < -0.39 is 0 Å². The quantitative estimate of drug-likeness (QED) is 0.594. The summed E-state index contributed by atoms with van der Waals surface area (Å²) in [6.07, 6.45) is 21.7. The van der Waals surface area contributed by atoms with Crippen molar-refractivity contribution < 1.29 is 0 Å². The van der Waals surface area contributed by atoms with E-state index in [1.165, 1.54) is 19.3 Å². The minimum absolute atomic E-state index is 0.430. The molecule has 3 atom stereocenters. The fourth-order valence-corrected chi connectivity index (χ4v) is 3.72. The highest BCUT2D eigenvalue weighted by molar-refractivity contribution is 5.35. The molecule has 0 radical (unpaired) electrons. The maximum absolute atomic E-state index is 2.50. The molecule has 1 fully saturated rings. The highest BCUT2D eigenvalue weighted by Gasteiger charge is 2.47. The lowest BCUT2D eigenvalue weighted by Gasteiger charge is -2.29. The monoisotopic (exact) mass is 212 g/mol. The lowest BCUT2D eigenvalue weighted by Crippen LogP contribution is -2.17. The Morgan fingerprint density at radius 1 is 1.31 bits per heavy atom. The Hall–Kier alpha value is -1.04. The van der Waals surface area contributed by atoms with Gasteiger partial charge in [0.15, 0.2) is 0 Å². The summed E-state index contributed by atoms with van der Waals surface area (Å²) in [6.45, 7) is 2.14. The molecule has 3 unspecified atom stereocenters. The standard InChI is InChI=1S/C16H20/c1-2-6-13-11-16(10-9-14(13)12-16)15-7-4-3-5-8-15/h2-4,6,8-10,13-14H,5,7,11-12H2,1H3. The zero-order chi connectivity index (χ0) is 11.0. The molecule has 0 aromatic rings. The van der Waals surface area contributed by atoms with Crippen LogP contribution in [0.25, 0.3) is 0 Å². The zero-order valence-electron chi connectivity index (χ0n) is 10.0. The molecular formula is C16H20. The van der Waals surface area contributed by atoms with E-state index in [1.54, 1.807) is 5.57 Å². The summed E-state index contributed by atoms with van der Waals surface area (Å²) in [6, 6.07) is 0. The van der Waals surface area contributed by atoms with Crippen LogP contribution in [0, 0.1) is 17.3 Å². The third-order valence-electron chi connectivity index (χ3n) is 4.50. The van der Waals surface area contributed by atoms with Crippen molar-refractivity contribution in [1.29, 1.82) is 0 Å². The van der Waals surface area contributed by atoms with Gasteiger partial charge in [-0.15, -0.1) is 0 Å². The van der Waals surface area contributed by atoms with E-state index in [9.17, 15) is 0 Å². The SMILES string of the molecule is CC=CC1CC2(C3=CCC=CC3)C=CC1C2. The Kier molecular flexibility index (Phi) is 2.38. The van der Waals surface area contributed by atoms with E-state index in [0.717, 1.165) is 18.3 Å².